The van der Waals surface area contributed by atoms with Crippen LogP contribution in [0.1, 0.15) is 20.8 Å². The van der Waals surface area contributed by atoms with Crippen molar-refractivity contribution in [3.05, 3.63) is 24.3 Å². The number of aromatic hydroxyl groups is 1. The van der Waals surface area contributed by atoms with Gasteiger partial charge in [-0.3, -0.25) is 4.79 Å². The highest BCUT2D eigenvalue weighted by Crippen LogP contribution is 2.27. The molecule has 1 heterocycles. The van der Waals surface area contributed by atoms with Gasteiger partial charge in [0.1, 0.15) is 5.75 Å². The first-order valence-electron chi connectivity index (χ1n) is 7.42. The van der Waals surface area contributed by atoms with Gasteiger partial charge in [0.25, 0.3) is 0 Å². The van der Waals surface area contributed by atoms with Crippen molar-refractivity contribution in [2.24, 2.45) is 0 Å². The van der Waals surface area contributed by atoms with Crippen LogP contribution in [0.4, 0.5) is 5.69 Å². The lowest BCUT2D eigenvalue weighted by molar-refractivity contribution is -0.130. The van der Waals surface area contributed by atoms with E-state index in [0.717, 1.165) is 18.8 Å². The van der Waals surface area contributed by atoms with Crippen molar-refractivity contribution >= 4 is 11.6 Å². The van der Waals surface area contributed by atoms with E-state index in [2.05, 4.69) is 31.0 Å². The topological polar surface area (TPSA) is 55.8 Å². The van der Waals surface area contributed by atoms with Gasteiger partial charge in [-0.15, -0.1) is 0 Å². The second-order valence-electron chi connectivity index (χ2n) is 6.46. The number of benzene rings is 1. The van der Waals surface area contributed by atoms with E-state index in [1.807, 2.05) is 23.1 Å². The van der Waals surface area contributed by atoms with Crippen LogP contribution in [-0.4, -0.2) is 54.2 Å². The molecule has 2 rings (SSSR count). The number of piperazine rings is 1. The smallest absolute Gasteiger partial charge is 0.236 e. The molecule has 0 aliphatic carbocycles. The average molecular weight is 291 g/mol. The van der Waals surface area contributed by atoms with Gasteiger partial charge < -0.3 is 20.2 Å². The predicted octanol–water partition coefficient (Wildman–Crippen LogP) is 1.43. The number of nitrogens with zero attached hydrogens (tertiary/aromatic N) is 2. The molecule has 0 saturated carbocycles. The van der Waals surface area contributed by atoms with Gasteiger partial charge in [0.15, 0.2) is 0 Å². The van der Waals surface area contributed by atoms with Crippen molar-refractivity contribution in [1.29, 1.82) is 0 Å². The standard InChI is InChI=1S/C16H25N3O2/c1-16(2,3)17-12-15(21)19-10-8-18(9-11-19)13-6-4-5-7-14(13)20/h4-7,17,20H,8-12H2,1-3H3. The Morgan fingerprint density at radius 2 is 1.81 bits per heavy atom. The number of amides is 1. The molecular formula is C16H25N3O2. The van der Waals surface area contributed by atoms with Crippen LogP contribution in [0.15, 0.2) is 24.3 Å². The molecule has 21 heavy (non-hydrogen) atoms. The highest BCUT2D eigenvalue weighted by atomic mass is 16.3. The molecule has 5 heteroatoms. The minimum Gasteiger partial charge on any atom is -0.506 e. The lowest BCUT2D eigenvalue weighted by Gasteiger charge is -2.36. The largest absolute Gasteiger partial charge is 0.506 e. The molecule has 2 N–H and O–H groups in total. The SMILES string of the molecule is CC(C)(C)NCC(=O)N1CCN(c2ccccc2O)CC1. The fourth-order valence-electron chi connectivity index (χ4n) is 2.38. The van der Waals surface area contributed by atoms with Gasteiger partial charge in [-0.05, 0) is 32.9 Å². The molecule has 0 spiro atoms. The number of phenolic OH excluding ortho intramolecular Hbond substituents is 1. The third-order valence-electron chi connectivity index (χ3n) is 3.62. The summed E-state index contributed by atoms with van der Waals surface area (Å²) >= 11 is 0. The number of phenols is 1. The Kier molecular flexibility index (Phi) is 4.73. The Hall–Kier alpha value is -1.75. The molecule has 116 valence electrons. The van der Waals surface area contributed by atoms with Crippen LogP contribution in [0.25, 0.3) is 0 Å². The van der Waals surface area contributed by atoms with Crippen molar-refractivity contribution in [1.82, 2.24) is 10.2 Å². The summed E-state index contributed by atoms with van der Waals surface area (Å²) in [4.78, 5) is 16.2. The molecule has 1 aromatic carbocycles. The first kappa shape index (κ1) is 15.6. The number of hydrogen-bond donors (Lipinski definition) is 2. The summed E-state index contributed by atoms with van der Waals surface area (Å²) in [6.07, 6.45) is 0. The van der Waals surface area contributed by atoms with Crippen molar-refractivity contribution in [3.63, 3.8) is 0 Å². The zero-order chi connectivity index (χ0) is 15.5. The molecule has 1 amide bonds. The van der Waals surface area contributed by atoms with Gasteiger partial charge >= 0.3 is 0 Å². The van der Waals surface area contributed by atoms with E-state index in [0.29, 0.717) is 25.4 Å². The van der Waals surface area contributed by atoms with Crippen molar-refractivity contribution in [2.45, 2.75) is 26.3 Å². The van der Waals surface area contributed by atoms with Crippen molar-refractivity contribution in [3.8, 4) is 5.75 Å². The quantitative estimate of drug-likeness (QED) is 0.884. The number of hydrogen-bond acceptors (Lipinski definition) is 4. The maximum atomic E-state index is 12.2. The molecule has 5 nitrogen and oxygen atoms in total. The van der Waals surface area contributed by atoms with Crippen LogP contribution in [0.2, 0.25) is 0 Å². The highest BCUT2D eigenvalue weighted by molar-refractivity contribution is 5.78. The first-order chi connectivity index (χ1) is 9.87. The van der Waals surface area contributed by atoms with Crippen LogP contribution in [0.3, 0.4) is 0 Å². The van der Waals surface area contributed by atoms with Gasteiger partial charge in [-0.1, -0.05) is 12.1 Å². The maximum absolute atomic E-state index is 12.2. The predicted molar refractivity (Wildman–Crippen MR) is 84.7 cm³/mol. The number of para-hydroxylation sites is 2. The molecule has 0 unspecified atom stereocenters. The van der Waals surface area contributed by atoms with Gasteiger partial charge in [0.2, 0.25) is 5.91 Å². The molecule has 0 bridgehead atoms. The Morgan fingerprint density at radius 3 is 2.38 bits per heavy atom. The molecule has 1 fully saturated rings. The summed E-state index contributed by atoms with van der Waals surface area (Å²) in [5.41, 5.74) is 0.797. The van der Waals surface area contributed by atoms with Crippen LogP contribution in [0.5, 0.6) is 5.75 Å². The number of rotatable bonds is 3. The van der Waals surface area contributed by atoms with E-state index in [4.69, 9.17) is 0 Å². The van der Waals surface area contributed by atoms with Crippen LogP contribution < -0.4 is 10.2 Å². The van der Waals surface area contributed by atoms with Gasteiger partial charge in [-0.2, -0.15) is 0 Å². The Morgan fingerprint density at radius 1 is 1.19 bits per heavy atom. The normalized spacial score (nSPS) is 16.1. The third-order valence-corrected chi connectivity index (χ3v) is 3.62. The monoisotopic (exact) mass is 291 g/mol. The van der Waals surface area contributed by atoms with E-state index < -0.39 is 0 Å². The summed E-state index contributed by atoms with van der Waals surface area (Å²) in [5.74, 6) is 0.438. The van der Waals surface area contributed by atoms with E-state index >= 15 is 0 Å². The minimum absolute atomic E-state index is 0.0483. The first-order valence-corrected chi connectivity index (χ1v) is 7.42. The van der Waals surface area contributed by atoms with Gasteiger partial charge in [0, 0.05) is 31.7 Å². The van der Waals surface area contributed by atoms with Crippen molar-refractivity contribution in [2.75, 3.05) is 37.6 Å². The fourth-order valence-corrected chi connectivity index (χ4v) is 2.38. The molecule has 1 aliphatic rings. The number of carbonyl (C=O) groups is 1. The zero-order valence-electron chi connectivity index (χ0n) is 13.1. The van der Waals surface area contributed by atoms with Crippen LogP contribution >= 0.6 is 0 Å². The maximum Gasteiger partial charge on any atom is 0.236 e. The van der Waals surface area contributed by atoms with E-state index in [-0.39, 0.29) is 11.4 Å². The third kappa shape index (κ3) is 4.36. The van der Waals surface area contributed by atoms with Crippen LogP contribution in [-0.2, 0) is 4.79 Å². The molecule has 1 aromatic rings. The van der Waals surface area contributed by atoms with Crippen LogP contribution in [0, 0.1) is 0 Å². The summed E-state index contributed by atoms with van der Waals surface area (Å²) in [6.45, 7) is 9.42. The Balaban J connectivity index is 1.86. The molecule has 0 atom stereocenters. The van der Waals surface area contributed by atoms with Gasteiger partial charge in [0.05, 0.1) is 12.2 Å². The summed E-state index contributed by atoms with van der Waals surface area (Å²) in [6, 6.07) is 7.34. The molecule has 0 aromatic heterocycles. The van der Waals surface area contributed by atoms with E-state index in [1.165, 1.54) is 0 Å². The second-order valence-corrected chi connectivity index (χ2v) is 6.46. The van der Waals surface area contributed by atoms with Crippen molar-refractivity contribution < 1.29 is 9.90 Å². The number of nitrogens with one attached hydrogen (secondary N) is 1. The zero-order valence-corrected chi connectivity index (χ0v) is 13.1. The number of anilines is 1. The summed E-state index contributed by atoms with van der Waals surface area (Å²) < 4.78 is 0. The highest BCUT2D eigenvalue weighted by Gasteiger charge is 2.23. The lowest BCUT2D eigenvalue weighted by Crippen LogP contribution is -2.52. The molecule has 1 saturated heterocycles. The lowest BCUT2D eigenvalue weighted by atomic mass is 10.1. The fraction of sp³-hybridized carbons (Fsp3) is 0.562. The summed E-state index contributed by atoms with van der Waals surface area (Å²) in [5, 5.41) is 13.1. The van der Waals surface area contributed by atoms with E-state index in [9.17, 15) is 9.90 Å². The average Bonchev–Trinajstić information content (AvgIpc) is 2.45. The Labute approximate surface area is 126 Å². The number of carbonyl (C=O) groups excluding carboxylic acids is 1. The minimum atomic E-state index is -0.0483. The summed E-state index contributed by atoms with van der Waals surface area (Å²) in [7, 11) is 0. The van der Waals surface area contributed by atoms with Gasteiger partial charge in [-0.25, -0.2) is 0 Å². The second kappa shape index (κ2) is 6.35. The molecule has 1 aliphatic heterocycles. The molecular weight excluding hydrogens is 266 g/mol. The Bertz CT molecular complexity index is 489. The molecule has 0 radical (unpaired) electrons. The van der Waals surface area contributed by atoms with E-state index in [1.54, 1.807) is 6.07 Å².